The molecular formula is C17H20N2O2. The van der Waals surface area contributed by atoms with E-state index in [-0.39, 0.29) is 0 Å². The quantitative estimate of drug-likeness (QED) is 0.886. The molecule has 2 heterocycles. The van der Waals surface area contributed by atoms with Crippen molar-refractivity contribution < 1.29 is 9.47 Å². The van der Waals surface area contributed by atoms with Crippen molar-refractivity contribution in [2.24, 2.45) is 0 Å². The molecule has 4 heteroatoms. The van der Waals surface area contributed by atoms with Gasteiger partial charge in [0.1, 0.15) is 18.2 Å². The van der Waals surface area contributed by atoms with E-state index >= 15 is 0 Å². The average Bonchev–Trinajstić information content (AvgIpc) is 2.99. The van der Waals surface area contributed by atoms with E-state index in [1.165, 1.54) is 11.1 Å². The van der Waals surface area contributed by atoms with Crippen LogP contribution in [-0.2, 0) is 24.2 Å². The van der Waals surface area contributed by atoms with Crippen LogP contribution in [0.2, 0.25) is 0 Å². The highest BCUT2D eigenvalue weighted by molar-refractivity contribution is 5.49. The molecule has 4 nitrogen and oxygen atoms in total. The number of rotatable bonds is 6. The van der Waals surface area contributed by atoms with Crippen LogP contribution in [0.5, 0.6) is 5.75 Å². The number of nitrogens with one attached hydrogen (secondary N) is 1. The van der Waals surface area contributed by atoms with Crippen LogP contribution < -0.4 is 10.1 Å². The molecule has 2 aromatic rings. The number of methoxy groups -OCH3 is 1. The van der Waals surface area contributed by atoms with Gasteiger partial charge in [-0.3, -0.25) is 0 Å². The zero-order valence-corrected chi connectivity index (χ0v) is 12.3. The van der Waals surface area contributed by atoms with Crippen molar-refractivity contribution in [1.29, 1.82) is 0 Å². The Balaban J connectivity index is 1.57. The first kappa shape index (κ1) is 13.9. The Morgan fingerprint density at radius 1 is 1.14 bits per heavy atom. The number of hydrogen-bond acceptors (Lipinski definition) is 4. The number of nitrogens with zero attached hydrogens (tertiary/aromatic N) is 1. The summed E-state index contributed by atoms with van der Waals surface area (Å²) in [5, 5.41) is 3.29. The molecule has 3 rings (SSSR count). The second kappa shape index (κ2) is 6.59. The second-order valence-electron chi connectivity index (χ2n) is 5.16. The van der Waals surface area contributed by atoms with Gasteiger partial charge in [0.05, 0.1) is 12.3 Å². The van der Waals surface area contributed by atoms with Gasteiger partial charge >= 0.3 is 0 Å². The first-order chi connectivity index (χ1) is 10.3. The summed E-state index contributed by atoms with van der Waals surface area (Å²) in [4.78, 5) is 4.57. The van der Waals surface area contributed by atoms with Gasteiger partial charge in [-0.05, 0) is 42.2 Å². The van der Waals surface area contributed by atoms with Crippen LogP contribution in [0.15, 0.2) is 36.4 Å². The van der Waals surface area contributed by atoms with Crippen molar-refractivity contribution in [2.75, 3.05) is 25.6 Å². The van der Waals surface area contributed by atoms with Gasteiger partial charge < -0.3 is 14.8 Å². The Hall–Kier alpha value is -2.07. The normalized spacial score (nSPS) is 12.8. The van der Waals surface area contributed by atoms with Gasteiger partial charge in [-0.15, -0.1) is 0 Å². The highest BCUT2D eigenvalue weighted by Crippen LogP contribution is 2.20. The summed E-state index contributed by atoms with van der Waals surface area (Å²) in [7, 11) is 1.72. The van der Waals surface area contributed by atoms with Gasteiger partial charge in [0.15, 0.2) is 0 Å². The third-order valence-corrected chi connectivity index (χ3v) is 3.63. The van der Waals surface area contributed by atoms with Crippen LogP contribution in [0.3, 0.4) is 0 Å². The lowest BCUT2D eigenvalue weighted by molar-refractivity contribution is 0.202. The highest BCUT2D eigenvalue weighted by atomic mass is 16.5. The molecule has 1 aliphatic rings. The summed E-state index contributed by atoms with van der Waals surface area (Å²) >= 11 is 0. The SMILES string of the molecule is COCCc1ccc(OCc2ccc3c(n2)NCC3)cc1. The number of aromatic nitrogens is 1. The second-order valence-corrected chi connectivity index (χ2v) is 5.16. The predicted octanol–water partition coefficient (Wildman–Crippen LogP) is 2.82. The summed E-state index contributed by atoms with van der Waals surface area (Å²) in [6.07, 6.45) is 1.99. The number of benzene rings is 1. The average molecular weight is 284 g/mol. The minimum atomic E-state index is 0.492. The minimum absolute atomic E-state index is 0.492. The fraction of sp³-hybridized carbons (Fsp3) is 0.353. The smallest absolute Gasteiger partial charge is 0.130 e. The summed E-state index contributed by atoms with van der Waals surface area (Å²) < 4.78 is 10.9. The molecule has 0 amide bonds. The summed E-state index contributed by atoms with van der Waals surface area (Å²) in [5.41, 5.74) is 3.50. The first-order valence-electron chi connectivity index (χ1n) is 7.28. The van der Waals surface area contributed by atoms with Gasteiger partial charge in [-0.2, -0.15) is 0 Å². The summed E-state index contributed by atoms with van der Waals surface area (Å²) in [6, 6.07) is 12.3. The van der Waals surface area contributed by atoms with Gasteiger partial charge in [-0.25, -0.2) is 4.98 Å². The maximum Gasteiger partial charge on any atom is 0.130 e. The molecule has 0 saturated heterocycles. The lowest BCUT2D eigenvalue weighted by atomic mass is 10.1. The number of pyridine rings is 1. The maximum atomic E-state index is 5.79. The van der Waals surface area contributed by atoms with Crippen molar-refractivity contribution in [3.8, 4) is 5.75 Å². The molecule has 0 bridgehead atoms. The van der Waals surface area contributed by atoms with E-state index in [2.05, 4.69) is 28.5 Å². The van der Waals surface area contributed by atoms with Gasteiger partial charge in [0.2, 0.25) is 0 Å². The molecule has 110 valence electrons. The van der Waals surface area contributed by atoms with Crippen molar-refractivity contribution >= 4 is 5.82 Å². The van der Waals surface area contributed by atoms with E-state index in [4.69, 9.17) is 9.47 Å². The fourth-order valence-corrected chi connectivity index (χ4v) is 2.41. The first-order valence-corrected chi connectivity index (χ1v) is 7.28. The Morgan fingerprint density at radius 3 is 2.81 bits per heavy atom. The van der Waals surface area contributed by atoms with E-state index in [1.54, 1.807) is 7.11 Å². The third kappa shape index (κ3) is 3.52. The molecule has 0 saturated carbocycles. The lowest BCUT2D eigenvalue weighted by Gasteiger charge is -2.08. The van der Waals surface area contributed by atoms with Crippen LogP contribution in [0.1, 0.15) is 16.8 Å². The van der Waals surface area contributed by atoms with Gasteiger partial charge in [0.25, 0.3) is 0 Å². The topological polar surface area (TPSA) is 43.4 Å². The number of anilines is 1. The minimum Gasteiger partial charge on any atom is -0.487 e. The third-order valence-electron chi connectivity index (χ3n) is 3.63. The molecule has 0 spiro atoms. The van der Waals surface area contributed by atoms with Gasteiger partial charge in [0, 0.05) is 13.7 Å². The molecule has 0 fully saturated rings. The Labute approximate surface area is 125 Å². The Kier molecular flexibility index (Phi) is 4.36. The molecular weight excluding hydrogens is 264 g/mol. The largest absolute Gasteiger partial charge is 0.487 e. The molecule has 1 aromatic carbocycles. The van der Waals surface area contributed by atoms with Crippen molar-refractivity contribution in [2.45, 2.75) is 19.4 Å². The molecule has 0 unspecified atom stereocenters. The molecule has 0 radical (unpaired) electrons. The Morgan fingerprint density at radius 2 is 2.00 bits per heavy atom. The van der Waals surface area contributed by atoms with Crippen molar-refractivity contribution in [1.82, 2.24) is 4.98 Å². The molecule has 21 heavy (non-hydrogen) atoms. The van der Waals surface area contributed by atoms with Crippen LogP contribution in [0.4, 0.5) is 5.82 Å². The standard InChI is InChI=1S/C17H20N2O2/c1-20-11-9-13-2-6-16(7-3-13)21-12-15-5-4-14-8-10-18-17(14)19-15/h2-7H,8-12H2,1H3,(H,18,19). The highest BCUT2D eigenvalue weighted by Gasteiger charge is 2.11. The van der Waals surface area contributed by atoms with E-state index < -0.39 is 0 Å². The van der Waals surface area contributed by atoms with Crippen LogP contribution in [0.25, 0.3) is 0 Å². The molecule has 0 aliphatic carbocycles. The van der Waals surface area contributed by atoms with Crippen LogP contribution >= 0.6 is 0 Å². The van der Waals surface area contributed by atoms with Crippen LogP contribution in [-0.4, -0.2) is 25.2 Å². The number of fused-ring (bicyclic) bond motifs is 1. The molecule has 1 aromatic heterocycles. The predicted molar refractivity (Wildman–Crippen MR) is 82.8 cm³/mol. The monoisotopic (exact) mass is 284 g/mol. The zero-order chi connectivity index (χ0) is 14.5. The fourth-order valence-electron chi connectivity index (χ4n) is 2.41. The molecule has 1 aliphatic heterocycles. The molecule has 1 N–H and O–H groups in total. The van der Waals surface area contributed by atoms with E-state index in [0.29, 0.717) is 6.61 Å². The van der Waals surface area contributed by atoms with Crippen molar-refractivity contribution in [3.63, 3.8) is 0 Å². The number of ether oxygens (including phenoxy) is 2. The summed E-state index contributed by atoms with van der Waals surface area (Å²) in [6.45, 7) is 2.22. The zero-order valence-electron chi connectivity index (χ0n) is 12.3. The van der Waals surface area contributed by atoms with Crippen molar-refractivity contribution in [3.05, 3.63) is 53.2 Å². The summed E-state index contributed by atoms with van der Waals surface area (Å²) in [5.74, 6) is 1.87. The lowest BCUT2D eigenvalue weighted by Crippen LogP contribution is -2.01. The molecule has 0 atom stereocenters. The van der Waals surface area contributed by atoms with Gasteiger partial charge in [-0.1, -0.05) is 18.2 Å². The Bertz CT molecular complexity index is 596. The van der Waals surface area contributed by atoms with E-state index in [1.807, 2.05) is 18.2 Å². The van der Waals surface area contributed by atoms with E-state index in [0.717, 1.165) is 43.3 Å². The van der Waals surface area contributed by atoms with E-state index in [9.17, 15) is 0 Å². The maximum absolute atomic E-state index is 5.79. The van der Waals surface area contributed by atoms with Crippen LogP contribution in [0, 0.1) is 0 Å². The number of hydrogen-bond donors (Lipinski definition) is 1.